The molecule has 2 aliphatic rings. The van der Waals surface area contributed by atoms with E-state index >= 15 is 0 Å². The van der Waals surface area contributed by atoms with Crippen LogP contribution in [0.15, 0.2) is 84.4 Å². The second-order valence-electron chi connectivity index (χ2n) is 12.6. The number of allylic oxidation sites excluding steroid dienone is 1. The molecule has 1 atom stereocenters. The number of rotatable bonds is 4. The van der Waals surface area contributed by atoms with Crippen molar-refractivity contribution in [2.45, 2.75) is 51.1 Å². The summed E-state index contributed by atoms with van der Waals surface area (Å²) < 4.78 is 1.37. The molecule has 0 nitrogen and oxygen atoms in total. The predicted molar refractivity (Wildman–Crippen MR) is 172 cm³/mol. The summed E-state index contributed by atoms with van der Waals surface area (Å²) in [6.45, 7) is 13.8. The second-order valence-corrected chi connectivity index (χ2v) is 28.4. The van der Waals surface area contributed by atoms with Gasteiger partial charge in [-0.25, -0.2) is 0 Å². The molecule has 0 fully saturated rings. The van der Waals surface area contributed by atoms with Gasteiger partial charge in [-0.15, -0.1) is 0 Å². The van der Waals surface area contributed by atoms with Gasteiger partial charge in [-0.3, -0.25) is 0 Å². The van der Waals surface area contributed by atoms with E-state index in [4.69, 9.17) is 17.0 Å². The van der Waals surface area contributed by atoms with Gasteiger partial charge in [-0.1, -0.05) is 0 Å². The predicted octanol–water partition coefficient (Wildman–Crippen LogP) is 8.16. The molecular weight excluding hydrogens is 611 g/mol. The summed E-state index contributed by atoms with van der Waals surface area (Å²) in [7, 11) is 15.2. The van der Waals surface area contributed by atoms with Gasteiger partial charge in [0.05, 0.1) is 0 Å². The first kappa shape index (κ1) is 27.5. The number of hydrogen-bond acceptors (Lipinski definition) is 0. The zero-order valence-electron chi connectivity index (χ0n) is 23.7. The molecule has 0 amide bonds. The van der Waals surface area contributed by atoms with Crippen molar-refractivity contribution in [3.8, 4) is 22.3 Å². The minimum atomic E-state index is -4.03. The molecule has 0 saturated heterocycles. The van der Waals surface area contributed by atoms with Crippen LogP contribution in [0, 0.1) is 12.3 Å². The summed E-state index contributed by atoms with van der Waals surface area (Å²) in [5, 5.41) is 3.00. The van der Waals surface area contributed by atoms with Crippen molar-refractivity contribution in [3.05, 3.63) is 107 Å². The average Bonchev–Trinajstić information content (AvgIpc) is 3.48. The number of aryl methyl sites for hydroxylation is 1. The zero-order valence-corrected chi connectivity index (χ0v) is 29.1. The third kappa shape index (κ3) is 4.51. The van der Waals surface area contributed by atoms with Gasteiger partial charge >= 0.3 is 250 Å². The fourth-order valence-electron chi connectivity index (χ4n) is 6.81. The molecule has 1 unspecified atom stereocenters. The summed E-state index contributed by atoms with van der Waals surface area (Å²) in [5.41, 5.74) is 12.1. The molecule has 198 valence electrons. The Morgan fingerprint density at radius 3 is 2.18 bits per heavy atom. The Morgan fingerprint density at radius 1 is 0.795 bits per heavy atom. The first-order valence-corrected chi connectivity index (χ1v) is 24.4. The number of halogens is 2. The normalized spacial score (nSPS) is 16.8. The first-order valence-electron chi connectivity index (χ1n) is 14.0. The van der Waals surface area contributed by atoms with E-state index in [2.05, 4.69) is 126 Å². The zero-order chi connectivity index (χ0) is 27.7. The maximum absolute atomic E-state index is 7.90. The van der Waals surface area contributed by atoms with Gasteiger partial charge in [0, 0.05) is 0 Å². The molecular formula is C35H36Cl2SiZr. The summed E-state index contributed by atoms with van der Waals surface area (Å²) in [5.74, 6) is 0.442. The third-order valence-corrected chi connectivity index (χ3v) is 22.9. The van der Waals surface area contributed by atoms with Gasteiger partial charge in [0.2, 0.25) is 0 Å². The summed E-state index contributed by atoms with van der Waals surface area (Å²) in [6.07, 6.45) is 2.46. The van der Waals surface area contributed by atoms with E-state index in [0.717, 1.165) is 0 Å². The van der Waals surface area contributed by atoms with Crippen molar-refractivity contribution in [2.75, 3.05) is 0 Å². The van der Waals surface area contributed by atoms with Crippen LogP contribution in [0.25, 0.3) is 28.3 Å². The second kappa shape index (κ2) is 9.99. The van der Waals surface area contributed by atoms with Crippen LogP contribution < -0.4 is 13.6 Å². The molecule has 0 saturated carbocycles. The van der Waals surface area contributed by atoms with E-state index in [1.165, 1.54) is 63.7 Å². The topological polar surface area (TPSA) is 0 Å². The monoisotopic (exact) mass is 644 g/mol. The Morgan fingerprint density at radius 2 is 1.46 bits per heavy atom. The summed E-state index contributed by atoms with van der Waals surface area (Å²) in [4.78, 5) is 0. The molecule has 0 spiro atoms. The van der Waals surface area contributed by atoms with E-state index in [1.54, 1.807) is 0 Å². The Kier molecular flexibility index (Phi) is 7.03. The van der Waals surface area contributed by atoms with E-state index in [0.29, 0.717) is 5.92 Å². The minimum absolute atomic E-state index is 0.0449. The maximum atomic E-state index is 7.90. The van der Waals surface area contributed by atoms with Crippen LogP contribution >= 0.6 is 17.0 Å². The molecule has 0 N–H and O–H groups in total. The van der Waals surface area contributed by atoms with Crippen molar-refractivity contribution in [2.24, 2.45) is 5.41 Å². The number of fused-ring (bicyclic) bond motifs is 4. The van der Waals surface area contributed by atoms with Gasteiger partial charge in [0.1, 0.15) is 0 Å². The average molecular weight is 647 g/mol. The van der Waals surface area contributed by atoms with E-state index in [9.17, 15) is 0 Å². The van der Waals surface area contributed by atoms with Crippen molar-refractivity contribution < 1.29 is 17.9 Å². The van der Waals surface area contributed by atoms with Crippen molar-refractivity contribution in [1.29, 1.82) is 0 Å². The quantitative estimate of drug-likeness (QED) is 0.173. The molecule has 0 radical (unpaired) electrons. The van der Waals surface area contributed by atoms with Crippen LogP contribution in [-0.4, -0.2) is 9.52 Å². The standard InChI is InChI=1S/C23H27.C12H9Si.2ClH.Zr/c1-15(2)19-9-7-8-10-20(19)22-16(3)11-12-17-13-18(14-21(17)22)23(4,5)6;1-3-7-11-9(5-1)10-6-2-4-8-12(10)13-11;;;/h7-15H,1-6H3;1-7H,13H2;2*1H;/q;;;;+2/p-2. The Hall–Kier alpha value is -1.70. The SMILES string of the molecule is Cc1ccc2c(c1-c1ccccc1C(C)C)C=C(C(C)(C)C)[CH]2[Zr]([Cl])([Cl])[c]1cccc2c1[SiH2]c1ccccc1-2. The van der Waals surface area contributed by atoms with Crippen LogP contribution in [0.2, 0.25) is 0 Å². The first-order chi connectivity index (χ1) is 18.5. The Labute approximate surface area is 247 Å². The van der Waals surface area contributed by atoms with Crippen LogP contribution in [-0.2, 0) is 17.9 Å². The Bertz CT molecular complexity index is 1640. The van der Waals surface area contributed by atoms with Crippen molar-refractivity contribution >= 4 is 46.3 Å². The molecule has 4 aromatic carbocycles. The van der Waals surface area contributed by atoms with Gasteiger partial charge in [0.15, 0.2) is 0 Å². The van der Waals surface area contributed by atoms with E-state index in [-0.39, 0.29) is 9.04 Å². The van der Waals surface area contributed by atoms with Crippen LogP contribution in [0.4, 0.5) is 0 Å². The third-order valence-electron chi connectivity index (χ3n) is 8.70. The van der Waals surface area contributed by atoms with Gasteiger partial charge < -0.3 is 0 Å². The molecule has 4 aromatic rings. The molecule has 39 heavy (non-hydrogen) atoms. The van der Waals surface area contributed by atoms with Crippen LogP contribution in [0.3, 0.4) is 0 Å². The molecule has 1 aliphatic heterocycles. The van der Waals surface area contributed by atoms with Crippen LogP contribution in [0.5, 0.6) is 0 Å². The number of hydrogen-bond donors (Lipinski definition) is 0. The van der Waals surface area contributed by atoms with Crippen molar-refractivity contribution in [3.63, 3.8) is 0 Å². The van der Waals surface area contributed by atoms with E-state index in [1.807, 2.05) is 0 Å². The van der Waals surface area contributed by atoms with Gasteiger partial charge in [-0.2, -0.15) is 0 Å². The number of benzene rings is 4. The summed E-state index contributed by atoms with van der Waals surface area (Å²) in [6, 6.07) is 29.2. The fraction of sp³-hybridized carbons (Fsp3) is 0.257. The van der Waals surface area contributed by atoms with E-state index < -0.39 is 27.4 Å². The molecule has 1 aliphatic carbocycles. The molecule has 0 bridgehead atoms. The molecule has 1 heterocycles. The molecule has 0 aromatic heterocycles. The van der Waals surface area contributed by atoms with Gasteiger partial charge in [-0.05, 0) is 0 Å². The van der Waals surface area contributed by atoms with Gasteiger partial charge in [0.25, 0.3) is 0 Å². The molecule has 6 rings (SSSR count). The Balaban J connectivity index is 1.57. The fourth-order valence-corrected chi connectivity index (χ4v) is 23.9. The van der Waals surface area contributed by atoms with Crippen molar-refractivity contribution in [1.82, 2.24) is 0 Å². The van der Waals surface area contributed by atoms with Crippen LogP contribution in [0.1, 0.15) is 66.4 Å². The molecule has 4 heteroatoms. The summed E-state index contributed by atoms with van der Waals surface area (Å²) >= 11 is -4.03.